The van der Waals surface area contributed by atoms with Crippen LogP contribution in [0.25, 0.3) is 0 Å². The van der Waals surface area contributed by atoms with Crippen molar-refractivity contribution in [2.24, 2.45) is 17.8 Å². The van der Waals surface area contributed by atoms with Crippen molar-refractivity contribution in [2.45, 2.75) is 44.9 Å². The first kappa shape index (κ1) is 16.8. The van der Waals surface area contributed by atoms with Gasteiger partial charge in [-0.2, -0.15) is 0 Å². The Kier molecular flexibility index (Phi) is 5.38. The predicted molar refractivity (Wildman–Crippen MR) is 91.0 cm³/mol. The summed E-state index contributed by atoms with van der Waals surface area (Å²) in [5.74, 6) is 1.14. The van der Waals surface area contributed by atoms with Crippen LogP contribution in [0.5, 0.6) is 5.75 Å². The molecule has 3 unspecified atom stereocenters. The molecular formula is C19H25NO4. The van der Waals surface area contributed by atoms with Crippen LogP contribution in [0.2, 0.25) is 0 Å². The first-order valence-corrected chi connectivity index (χ1v) is 8.87. The molecule has 24 heavy (non-hydrogen) atoms. The summed E-state index contributed by atoms with van der Waals surface area (Å²) in [5.41, 5.74) is 0.661. The molecule has 5 nitrogen and oxygen atoms in total. The predicted octanol–water partition coefficient (Wildman–Crippen LogP) is 3.70. The Balaban J connectivity index is 1.56. The molecule has 2 aliphatic rings. The number of carbonyl (C=O) groups excluding carboxylic acids is 1. The minimum Gasteiger partial charge on any atom is -0.482 e. The fourth-order valence-corrected chi connectivity index (χ4v) is 4.16. The molecule has 2 fully saturated rings. The Labute approximate surface area is 142 Å². The van der Waals surface area contributed by atoms with Crippen molar-refractivity contribution in [3.63, 3.8) is 0 Å². The fraction of sp³-hybridized carbons (Fsp3) is 0.579. The maximum atomic E-state index is 12.6. The molecule has 2 saturated carbocycles. The number of anilines is 1. The first-order chi connectivity index (χ1) is 11.6. The molecule has 1 aromatic carbocycles. The third-order valence-electron chi connectivity index (χ3n) is 5.37. The average Bonchev–Trinajstić information content (AvgIpc) is 2.60. The standard InChI is InChI=1S/C19H25NO4/c21-18(22)12-24-17-7-3-6-16(11-17)20-19(23)15-9-8-13-4-1-2-5-14(13)10-15/h3,6-7,11,13-15H,1-2,4-5,8-10,12H2,(H,20,23)(H,21,22). The number of hydrogen-bond donors (Lipinski definition) is 2. The van der Waals surface area contributed by atoms with Crippen molar-refractivity contribution in [1.82, 2.24) is 0 Å². The fourth-order valence-electron chi connectivity index (χ4n) is 4.16. The van der Waals surface area contributed by atoms with Gasteiger partial charge in [0, 0.05) is 17.7 Å². The first-order valence-electron chi connectivity index (χ1n) is 8.87. The summed E-state index contributed by atoms with van der Waals surface area (Å²) in [7, 11) is 0. The molecule has 0 saturated heterocycles. The lowest BCUT2D eigenvalue weighted by Gasteiger charge is -2.38. The Morgan fingerprint density at radius 2 is 1.92 bits per heavy atom. The summed E-state index contributed by atoms with van der Waals surface area (Å²) < 4.78 is 5.15. The average molecular weight is 331 g/mol. The van der Waals surface area contributed by atoms with Crippen LogP contribution >= 0.6 is 0 Å². The van der Waals surface area contributed by atoms with Gasteiger partial charge in [0.2, 0.25) is 5.91 Å². The van der Waals surface area contributed by atoms with Gasteiger partial charge in [-0.25, -0.2) is 4.79 Å². The SMILES string of the molecule is O=C(O)COc1cccc(NC(=O)C2CCC3CCCCC3C2)c1. The van der Waals surface area contributed by atoms with Gasteiger partial charge in [0.15, 0.2) is 6.61 Å². The zero-order valence-corrected chi connectivity index (χ0v) is 13.9. The number of carboxylic acids is 1. The molecule has 0 aromatic heterocycles. The van der Waals surface area contributed by atoms with Gasteiger partial charge in [-0.05, 0) is 43.2 Å². The van der Waals surface area contributed by atoms with Gasteiger partial charge in [0.25, 0.3) is 0 Å². The number of hydrogen-bond acceptors (Lipinski definition) is 3. The number of benzene rings is 1. The van der Waals surface area contributed by atoms with Gasteiger partial charge in [-0.1, -0.05) is 31.7 Å². The van der Waals surface area contributed by atoms with E-state index in [4.69, 9.17) is 9.84 Å². The molecule has 2 aliphatic carbocycles. The van der Waals surface area contributed by atoms with Gasteiger partial charge < -0.3 is 15.2 Å². The molecule has 0 bridgehead atoms. The van der Waals surface area contributed by atoms with Crippen molar-refractivity contribution in [3.8, 4) is 5.75 Å². The highest BCUT2D eigenvalue weighted by Gasteiger charge is 2.34. The third kappa shape index (κ3) is 4.28. The normalized spacial score (nSPS) is 26.2. The van der Waals surface area contributed by atoms with E-state index >= 15 is 0 Å². The number of aliphatic carboxylic acids is 1. The number of carbonyl (C=O) groups is 2. The molecule has 3 atom stereocenters. The van der Waals surface area contributed by atoms with Crippen molar-refractivity contribution in [3.05, 3.63) is 24.3 Å². The van der Waals surface area contributed by atoms with E-state index in [-0.39, 0.29) is 18.4 Å². The number of rotatable bonds is 5. The number of ether oxygens (including phenoxy) is 1. The van der Waals surface area contributed by atoms with Crippen LogP contribution in [0, 0.1) is 17.8 Å². The zero-order chi connectivity index (χ0) is 16.9. The quantitative estimate of drug-likeness (QED) is 0.863. The number of carboxylic acid groups (broad SMARTS) is 1. The molecule has 2 N–H and O–H groups in total. The monoisotopic (exact) mass is 331 g/mol. The molecular weight excluding hydrogens is 306 g/mol. The van der Waals surface area contributed by atoms with E-state index in [0.717, 1.165) is 18.8 Å². The highest BCUT2D eigenvalue weighted by atomic mass is 16.5. The third-order valence-corrected chi connectivity index (χ3v) is 5.37. The summed E-state index contributed by atoms with van der Waals surface area (Å²) >= 11 is 0. The van der Waals surface area contributed by atoms with Crippen LogP contribution in [-0.4, -0.2) is 23.6 Å². The lowest BCUT2D eigenvalue weighted by molar-refractivity contribution is -0.139. The van der Waals surface area contributed by atoms with Crippen molar-refractivity contribution < 1.29 is 19.4 Å². The highest BCUT2D eigenvalue weighted by Crippen LogP contribution is 2.42. The molecule has 130 valence electrons. The molecule has 1 amide bonds. The number of amides is 1. The Bertz CT molecular complexity index is 601. The van der Waals surface area contributed by atoms with Crippen molar-refractivity contribution in [2.75, 3.05) is 11.9 Å². The zero-order valence-electron chi connectivity index (χ0n) is 13.9. The molecule has 0 radical (unpaired) electrons. The van der Waals surface area contributed by atoms with E-state index in [2.05, 4.69) is 5.32 Å². The van der Waals surface area contributed by atoms with Crippen molar-refractivity contribution >= 4 is 17.6 Å². The number of fused-ring (bicyclic) bond motifs is 1. The molecule has 0 aliphatic heterocycles. The molecule has 0 spiro atoms. The molecule has 5 heteroatoms. The van der Waals surface area contributed by atoms with Crippen LogP contribution in [0.15, 0.2) is 24.3 Å². The van der Waals surface area contributed by atoms with Crippen LogP contribution in [0.3, 0.4) is 0 Å². The van der Waals surface area contributed by atoms with Crippen molar-refractivity contribution in [1.29, 1.82) is 0 Å². The molecule has 3 rings (SSSR count). The van der Waals surface area contributed by atoms with E-state index in [1.807, 2.05) is 0 Å². The molecule has 1 aromatic rings. The Hall–Kier alpha value is -2.04. The van der Waals surface area contributed by atoms with Gasteiger partial charge in [0.1, 0.15) is 5.75 Å². The van der Waals surface area contributed by atoms with Crippen LogP contribution in [0.1, 0.15) is 44.9 Å². The topological polar surface area (TPSA) is 75.6 Å². The van der Waals surface area contributed by atoms with Crippen LogP contribution in [0.4, 0.5) is 5.69 Å². The Morgan fingerprint density at radius 1 is 1.12 bits per heavy atom. The van der Waals surface area contributed by atoms with Crippen LogP contribution in [-0.2, 0) is 9.59 Å². The van der Waals surface area contributed by atoms with E-state index in [9.17, 15) is 9.59 Å². The second-order valence-electron chi connectivity index (χ2n) is 7.01. The lowest BCUT2D eigenvalue weighted by Crippen LogP contribution is -2.33. The summed E-state index contributed by atoms with van der Waals surface area (Å²) in [4.78, 5) is 23.1. The highest BCUT2D eigenvalue weighted by molar-refractivity contribution is 5.92. The minimum absolute atomic E-state index is 0.0782. The summed E-state index contributed by atoms with van der Waals surface area (Å²) in [6.07, 6.45) is 8.41. The van der Waals surface area contributed by atoms with E-state index in [1.165, 1.54) is 32.1 Å². The van der Waals surface area contributed by atoms with Gasteiger partial charge in [0.05, 0.1) is 0 Å². The molecule has 0 heterocycles. The Morgan fingerprint density at radius 3 is 2.71 bits per heavy atom. The largest absolute Gasteiger partial charge is 0.482 e. The maximum absolute atomic E-state index is 12.6. The van der Waals surface area contributed by atoms with E-state index in [0.29, 0.717) is 17.4 Å². The van der Waals surface area contributed by atoms with Gasteiger partial charge in [-0.15, -0.1) is 0 Å². The summed E-state index contributed by atoms with van der Waals surface area (Å²) in [6.45, 7) is -0.386. The number of nitrogens with one attached hydrogen (secondary N) is 1. The smallest absolute Gasteiger partial charge is 0.341 e. The maximum Gasteiger partial charge on any atom is 0.341 e. The van der Waals surface area contributed by atoms with Gasteiger partial charge in [-0.3, -0.25) is 4.79 Å². The van der Waals surface area contributed by atoms with Crippen LogP contribution < -0.4 is 10.1 Å². The summed E-state index contributed by atoms with van der Waals surface area (Å²) in [5, 5.41) is 11.6. The van der Waals surface area contributed by atoms with E-state index in [1.54, 1.807) is 24.3 Å². The lowest BCUT2D eigenvalue weighted by atomic mass is 9.67. The second kappa shape index (κ2) is 7.69. The minimum atomic E-state index is -1.02. The summed E-state index contributed by atoms with van der Waals surface area (Å²) in [6, 6.07) is 6.92. The second-order valence-corrected chi connectivity index (χ2v) is 7.01. The van der Waals surface area contributed by atoms with Gasteiger partial charge >= 0.3 is 5.97 Å². The van der Waals surface area contributed by atoms with E-state index < -0.39 is 5.97 Å².